The second-order valence-electron chi connectivity index (χ2n) is 10.1. The summed E-state index contributed by atoms with van der Waals surface area (Å²) < 4.78 is 0. The van der Waals surface area contributed by atoms with Gasteiger partial charge in [-0.1, -0.05) is 13.0 Å². The Labute approximate surface area is 186 Å². The van der Waals surface area contributed by atoms with Crippen molar-refractivity contribution in [2.75, 3.05) is 5.32 Å². The number of allylic oxidation sites excluding steroid dienone is 2. The van der Waals surface area contributed by atoms with Crippen LogP contribution in [0.4, 0.5) is 5.69 Å². The normalized spacial score (nSPS) is 35.4. The number of phenolic OH excluding ortho intramolecular Hbond substituents is 1. The first-order valence-corrected chi connectivity index (χ1v) is 10.9. The van der Waals surface area contributed by atoms with E-state index in [9.17, 15) is 29.7 Å². The highest BCUT2D eigenvalue weighted by Crippen LogP contribution is 2.65. The number of benzene rings is 1. The topological polar surface area (TPSA) is 144 Å². The number of nitrogens with one attached hydrogen (secondary N) is 1. The molecule has 0 aliphatic heterocycles. The van der Waals surface area contributed by atoms with Gasteiger partial charge in [-0.2, -0.15) is 0 Å². The van der Waals surface area contributed by atoms with Crippen molar-refractivity contribution in [3.63, 3.8) is 0 Å². The van der Waals surface area contributed by atoms with Crippen molar-refractivity contribution in [2.24, 2.45) is 22.7 Å². The van der Waals surface area contributed by atoms with E-state index in [2.05, 4.69) is 5.32 Å². The fourth-order valence-electron chi connectivity index (χ4n) is 6.35. The highest BCUT2D eigenvalue weighted by atomic mass is 16.4. The third kappa shape index (κ3) is 3.37. The van der Waals surface area contributed by atoms with E-state index in [-0.39, 0.29) is 41.6 Å². The van der Waals surface area contributed by atoms with Gasteiger partial charge in [-0.05, 0) is 74.5 Å². The molecular formula is C24H29NO7. The summed E-state index contributed by atoms with van der Waals surface area (Å²) >= 11 is 0. The van der Waals surface area contributed by atoms with Gasteiger partial charge >= 0.3 is 5.97 Å². The summed E-state index contributed by atoms with van der Waals surface area (Å²) in [5.74, 6) is -2.99. The number of ketones is 1. The minimum Gasteiger partial charge on any atom is -0.506 e. The van der Waals surface area contributed by atoms with Crippen LogP contribution < -0.4 is 5.32 Å². The Morgan fingerprint density at radius 3 is 2.59 bits per heavy atom. The summed E-state index contributed by atoms with van der Waals surface area (Å²) in [6.45, 7) is 3.75. The molecule has 172 valence electrons. The molecule has 3 saturated carbocycles. The number of hydrogen-bond acceptors (Lipinski definition) is 6. The molecule has 32 heavy (non-hydrogen) atoms. The lowest BCUT2D eigenvalue weighted by molar-refractivity contribution is -0.172. The van der Waals surface area contributed by atoms with Crippen molar-refractivity contribution >= 4 is 23.3 Å². The SMILES string of the molecule is C[C@@]1(O)C[C@@]23C=CC(=O)[C@@](C)(CCC(=O)Nc4c(O)ccc(C(=O)O)c4O)[C@@H]2C[C@@H]1CC3. The lowest BCUT2D eigenvalue weighted by atomic mass is 9.42. The van der Waals surface area contributed by atoms with Crippen molar-refractivity contribution in [1.82, 2.24) is 0 Å². The lowest BCUT2D eigenvalue weighted by Gasteiger charge is -2.62. The average Bonchev–Trinajstić information content (AvgIpc) is 2.71. The van der Waals surface area contributed by atoms with E-state index < -0.39 is 40.0 Å². The number of carbonyl (C=O) groups excluding carboxylic acids is 2. The molecule has 8 nitrogen and oxygen atoms in total. The van der Waals surface area contributed by atoms with Crippen LogP contribution in [0.1, 0.15) is 62.7 Å². The van der Waals surface area contributed by atoms with Crippen molar-refractivity contribution < 1.29 is 34.8 Å². The van der Waals surface area contributed by atoms with Crippen molar-refractivity contribution in [3.8, 4) is 11.5 Å². The molecule has 1 aromatic rings. The van der Waals surface area contributed by atoms with Gasteiger partial charge < -0.3 is 25.7 Å². The van der Waals surface area contributed by atoms with Crippen LogP contribution in [0.5, 0.6) is 11.5 Å². The van der Waals surface area contributed by atoms with E-state index in [0.717, 1.165) is 31.4 Å². The Bertz CT molecular complexity index is 1030. The van der Waals surface area contributed by atoms with Crippen LogP contribution in [0.2, 0.25) is 0 Å². The van der Waals surface area contributed by atoms with Crippen LogP contribution in [0.25, 0.3) is 0 Å². The Morgan fingerprint density at radius 1 is 1.22 bits per heavy atom. The van der Waals surface area contributed by atoms with Gasteiger partial charge in [-0.3, -0.25) is 9.59 Å². The number of aliphatic hydroxyl groups is 1. The van der Waals surface area contributed by atoms with Gasteiger partial charge in [0.1, 0.15) is 17.0 Å². The number of carbonyl (C=O) groups is 3. The van der Waals surface area contributed by atoms with Crippen LogP contribution in [0.3, 0.4) is 0 Å². The van der Waals surface area contributed by atoms with Crippen molar-refractivity contribution in [1.29, 1.82) is 0 Å². The Hall–Kier alpha value is -2.87. The molecule has 2 bridgehead atoms. The molecule has 8 heteroatoms. The van der Waals surface area contributed by atoms with E-state index in [4.69, 9.17) is 5.11 Å². The quantitative estimate of drug-likeness (QED) is 0.440. The fourth-order valence-corrected chi connectivity index (χ4v) is 6.35. The monoisotopic (exact) mass is 443 g/mol. The number of rotatable bonds is 5. The Morgan fingerprint density at radius 2 is 1.94 bits per heavy atom. The highest BCUT2D eigenvalue weighted by Gasteiger charge is 2.62. The van der Waals surface area contributed by atoms with Gasteiger partial charge in [0, 0.05) is 11.8 Å². The number of amides is 1. The zero-order valence-corrected chi connectivity index (χ0v) is 18.2. The molecule has 3 fully saturated rings. The first-order chi connectivity index (χ1) is 14.9. The molecule has 4 aliphatic rings. The second kappa shape index (κ2) is 7.33. The fraction of sp³-hybridized carbons (Fsp3) is 0.542. The summed E-state index contributed by atoms with van der Waals surface area (Å²) in [5, 5.41) is 42.5. The molecule has 5 N–H and O–H groups in total. The number of aromatic carboxylic acids is 1. The molecule has 1 aromatic carbocycles. The van der Waals surface area contributed by atoms with Crippen LogP contribution >= 0.6 is 0 Å². The zero-order valence-electron chi connectivity index (χ0n) is 18.2. The average molecular weight is 443 g/mol. The predicted molar refractivity (Wildman–Crippen MR) is 115 cm³/mol. The summed E-state index contributed by atoms with van der Waals surface area (Å²) in [6, 6.07) is 2.13. The van der Waals surface area contributed by atoms with E-state index in [1.807, 2.05) is 19.9 Å². The number of phenols is 2. The third-order valence-corrected chi connectivity index (χ3v) is 8.16. The molecule has 0 radical (unpaired) electrons. The first kappa shape index (κ1) is 22.3. The van der Waals surface area contributed by atoms with Crippen molar-refractivity contribution in [3.05, 3.63) is 29.8 Å². The molecule has 5 rings (SSSR count). The van der Waals surface area contributed by atoms with Gasteiger partial charge in [0.2, 0.25) is 5.91 Å². The van der Waals surface area contributed by atoms with Gasteiger partial charge in [0.25, 0.3) is 0 Å². The molecule has 0 heterocycles. The van der Waals surface area contributed by atoms with E-state index in [0.29, 0.717) is 6.42 Å². The lowest BCUT2D eigenvalue weighted by Crippen LogP contribution is -2.60. The summed E-state index contributed by atoms with van der Waals surface area (Å²) in [5.41, 5.74) is -2.59. The molecule has 5 atom stereocenters. The maximum absolute atomic E-state index is 13.0. The number of aromatic hydroxyl groups is 2. The molecule has 0 aromatic heterocycles. The van der Waals surface area contributed by atoms with Gasteiger partial charge in [0.05, 0.1) is 5.60 Å². The molecule has 1 spiro atoms. The molecule has 0 unspecified atom stereocenters. The van der Waals surface area contributed by atoms with Gasteiger partial charge in [-0.25, -0.2) is 4.79 Å². The number of fused-ring (bicyclic) bond motifs is 2. The zero-order chi connectivity index (χ0) is 23.5. The smallest absolute Gasteiger partial charge is 0.339 e. The van der Waals surface area contributed by atoms with E-state index in [1.54, 1.807) is 6.08 Å². The van der Waals surface area contributed by atoms with Crippen LogP contribution in [0, 0.1) is 22.7 Å². The molecule has 1 amide bonds. The van der Waals surface area contributed by atoms with Gasteiger partial charge in [-0.15, -0.1) is 0 Å². The van der Waals surface area contributed by atoms with Gasteiger partial charge in [0.15, 0.2) is 11.5 Å². The third-order valence-electron chi connectivity index (χ3n) is 8.16. The Kier molecular flexibility index (Phi) is 5.12. The van der Waals surface area contributed by atoms with Crippen LogP contribution in [0.15, 0.2) is 24.3 Å². The largest absolute Gasteiger partial charge is 0.506 e. The molecule has 4 aliphatic carbocycles. The van der Waals surface area contributed by atoms with Crippen LogP contribution in [-0.2, 0) is 9.59 Å². The van der Waals surface area contributed by atoms with Crippen molar-refractivity contribution in [2.45, 2.75) is 58.0 Å². The summed E-state index contributed by atoms with van der Waals surface area (Å²) in [6.07, 6.45) is 6.95. The first-order valence-electron chi connectivity index (χ1n) is 10.9. The number of hydrogen-bond donors (Lipinski definition) is 5. The standard InChI is InChI=1S/C24H29NO7/c1-22(8-7-18(28)25-19-15(26)4-3-14(20(19)29)21(30)31)16-11-13-5-9-24(16,10-6-17(22)27)12-23(13,2)32/h3-4,6,10,13,16,26,29,32H,5,7-9,11-12H2,1-2H3,(H,25,28)(H,30,31)/t13-,16-,22-,23+,24+/m0/s1. The predicted octanol–water partition coefficient (Wildman–Crippen LogP) is 3.22. The van der Waals surface area contributed by atoms with E-state index >= 15 is 0 Å². The second-order valence-corrected chi connectivity index (χ2v) is 10.1. The molecule has 0 saturated heterocycles. The maximum Gasteiger partial charge on any atom is 0.339 e. The van der Waals surface area contributed by atoms with Crippen LogP contribution in [-0.4, -0.2) is 43.7 Å². The maximum atomic E-state index is 13.0. The summed E-state index contributed by atoms with van der Waals surface area (Å²) in [4.78, 5) is 36.8. The number of carboxylic acid groups (broad SMARTS) is 1. The number of anilines is 1. The number of carboxylic acids is 1. The Balaban J connectivity index is 1.52. The molecular weight excluding hydrogens is 414 g/mol. The van der Waals surface area contributed by atoms with E-state index in [1.165, 1.54) is 0 Å². The highest BCUT2D eigenvalue weighted by molar-refractivity contribution is 6.00. The minimum absolute atomic E-state index is 0.0245. The summed E-state index contributed by atoms with van der Waals surface area (Å²) in [7, 11) is 0. The minimum atomic E-state index is -1.39.